The first-order valence-corrected chi connectivity index (χ1v) is 7.18. The van der Waals surface area contributed by atoms with Crippen molar-refractivity contribution in [3.05, 3.63) is 29.8 Å². The van der Waals surface area contributed by atoms with E-state index in [2.05, 4.69) is 46.3 Å². The van der Waals surface area contributed by atoms with E-state index in [9.17, 15) is 5.11 Å². The summed E-state index contributed by atoms with van der Waals surface area (Å²) in [6.45, 7) is 7.97. The summed E-state index contributed by atoms with van der Waals surface area (Å²) in [6.07, 6.45) is -0.203. The summed E-state index contributed by atoms with van der Waals surface area (Å²) in [5.74, 6) is 0. The predicted octanol–water partition coefficient (Wildman–Crippen LogP) is 0.450. The van der Waals surface area contributed by atoms with E-state index in [1.165, 1.54) is 11.3 Å². The van der Waals surface area contributed by atoms with E-state index >= 15 is 0 Å². The Kier molecular flexibility index (Phi) is 3.73. The number of hydrogen-bond donors (Lipinski definition) is 2. The predicted molar refractivity (Wildman–Crippen MR) is 77.6 cm³/mol. The lowest BCUT2D eigenvalue weighted by Crippen LogP contribution is -2.53. The molecular weight excluding hydrogens is 238 g/mol. The first-order valence-electron chi connectivity index (χ1n) is 7.18. The molecule has 0 aliphatic carbocycles. The molecule has 0 bridgehead atoms. The number of nitrogens with one attached hydrogen (secondary N) is 1. The van der Waals surface area contributed by atoms with Crippen molar-refractivity contribution in [2.24, 2.45) is 0 Å². The number of hydrogen-bond acceptors (Lipinski definition) is 4. The molecule has 0 spiro atoms. The van der Waals surface area contributed by atoms with Gasteiger partial charge in [-0.1, -0.05) is 12.1 Å². The largest absolute Gasteiger partial charge is 0.390 e. The molecule has 1 unspecified atom stereocenters. The fraction of sp³-hybridized carbons (Fsp3) is 0.600. The minimum absolute atomic E-state index is 0.203. The number of anilines is 1. The van der Waals surface area contributed by atoms with Crippen LogP contribution in [0.25, 0.3) is 0 Å². The number of aliphatic hydroxyl groups is 1. The maximum Gasteiger partial charge on any atom is 0.0831 e. The fourth-order valence-corrected chi connectivity index (χ4v) is 3.16. The molecule has 1 aromatic rings. The van der Waals surface area contributed by atoms with E-state index in [1.54, 1.807) is 0 Å². The third-order valence-electron chi connectivity index (χ3n) is 4.30. The highest BCUT2D eigenvalue weighted by Crippen LogP contribution is 2.19. The maximum absolute atomic E-state index is 9.94. The van der Waals surface area contributed by atoms with Gasteiger partial charge in [-0.15, -0.1) is 0 Å². The lowest BCUT2D eigenvalue weighted by molar-refractivity contribution is 0.0792. The van der Waals surface area contributed by atoms with Crippen molar-refractivity contribution in [3.63, 3.8) is 0 Å². The van der Waals surface area contributed by atoms with Crippen molar-refractivity contribution < 1.29 is 5.11 Å². The molecule has 1 aromatic carbocycles. The fourth-order valence-electron chi connectivity index (χ4n) is 3.16. The molecule has 19 heavy (non-hydrogen) atoms. The molecule has 104 valence electrons. The summed E-state index contributed by atoms with van der Waals surface area (Å²) in [4.78, 5) is 4.87. The third-order valence-corrected chi connectivity index (χ3v) is 4.30. The molecule has 2 fully saturated rings. The molecule has 2 atom stereocenters. The van der Waals surface area contributed by atoms with Crippen LogP contribution in [0.3, 0.4) is 0 Å². The van der Waals surface area contributed by atoms with Crippen molar-refractivity contribution in [2.45, 2.75) is 19.1 Å². The number of β-amino-alcohol motifs (C(OH)–C–C–N with tert-alkyl or cyclic N) is 1. The number of rotatable bonds is 2. The van der Waals surface area contributed by atoms with Crippen LogP contribution in [-0.4, -0.2) is 61.4 Å². The quantitative estimate of drug-likeness (QED) is 0.811. The van der Waals surface area contributed by atoms with Gasteiger partial charge in [0.25, 0.3) is 0 Å². The zero-order chi connectivity index (χ0) is 13.2. The van der Waals surface area contributed by atoms with Gasteiger partial charge in [-0.3, -0.25) is 4.90 Å². The van der Waals surface area contributed by atoms with Crippen LogP contribution >= 0.6 is 0 Å². The number of nitrogens with zero attached hydrogens (tertiary/aromatic N) is 2. The molecule has 0 saturated carbocycles. The molecule has 4 nitrogen and oxygen atoms in total. The maximum atomic E-state index is 9.94. The second-order valence-electron chi connectivity index (χ2n) is 5.65. The van der Waals surface area contributed by atoms with Crippen molar-refractivity contribution in [1.29, 1.82) is 0 Å². The second kappa shape index (κ2) is 5.49. The Hall–Kier alpha value is -1.10. The van der Waals surface area contributed by atoms with Crippen molar-refractivity contribution in [3.8, 4) is 0 Å². The van der Waals surface area contributed by atoms with E-state index in [0.29, 0.717) is 6.04 Å². The van der Waals surface area contributed by atoms with Crippen LogP contribution < -0.4 is 10.2 Å². The van der Waals surface area contributed by atoms with Gasteiger partial charge < -0.3 is 15.3 Å². The number of benzene rings is 1. The van der Waals surface area contributed by atoms with Crippen molar-refractivity contribution >= 4 is 5.69 Å². The third kappa shape index (κ3) is 2.76. The summed E-state index contributed by atoms with van der Waals surface area (Å²) < 4.78 is 0. The average molecular weight is 261 g/mol. The Morgan fingerprint density at radius 1 is 1.16 bits per heavy atom. The van der Waals surface area contributed by atoms with Crippen LogP contribution in [0.5, 0.6) is 0 Å². The molecule has 2 aliphatic rings. The molecule has 4 heteroatoms. The molecule has 0 amide bonds. The van der Waals surface area contributed by atoms with Crippen molar-refractivity contribution in [2.75, 3.05) is 44.2 Å². The molecule has 2 heterocycles. The van der Waals surface area contributed by atoms with Gasteiger partial charge in [0, 0.05) is 51.0 Å². The highest BCUT2D eigenvalue weighted by atomic mass is 16.3. The highest BCUT2D eigenvalue weighted by Gasteiger charge is 2.32. The zero-order valence-electron chi connectivity index (χ0n) is 11.5. The Morgan fingerprint density at radius 2 is 1.95 bits per heavy atom. The minimum Gasteiger partial charge on any atom is -0.390 e. The van der Waals surface area contributed by atoms with Gasteiger partial charge in [0.1, 0.15) is 0 Å². The lowest BCUT2D eigenvalue weighted by atomic mass is 10.1. The summed E-state index contributed by atoms with van der Waals surface area (Å²) in [7, 11) is 0. The Labute approximate surface area is 115 Å². The van der Waals surface area contributed by atoms with Gasteiger partial charge in [-0.25, -0.2) is 0 Å². The van der Waals surface area contributed by atoms with Crippen LogP contribution in [-0.2, 0) is 0 Å². The summed E-state index contributed by atoms with van der Waals surface area (Å²) in [5, 5.41) is 13.2. The molecular formula is C15H23N3O. The normalized spacial score (nSPS) is 28.8. The number of aliphatic hydroxyl groups excluding tert-OH is 1. The zero-order valence-corrected chi connectivity index (χ0v) is 11.5. The van der Waals surface area contributed by atoms with Crippen molar-refractivity contribution in [1.82, 2.24) is 10.2 Å². The molecule has 3 rings (SSSR count). The van der Waals surface area contributed by atoms with Crippen LogP contribution in [0.1, 0.15) is 5.56 Å². The minimum atomic E-state index is -0.203. The highest BCUT2D eigenvalue weighted by molar-refractivity contribution is 5.48. The van der Waals surface area contributed by atoms with E-state index in [1.807, 2.05) is 0 Å². The van der Waals surface area contributed by atoms with E-state index in [4.69, 9.17) is 0 Å². The van der Waals surface area contributed by atoms with Gasteiger partial charge in [-0.2, -0.15) is 0 Å². The van der Waals surface area contributed by atoms with Crippen LogP contribution in [0.15, 0.2) is 24.3 Å². The average Bonchev–Trinajstić information content (AvgIpc) is 2.85. The number of piperazine rings is 1. The van der Waals surface area contributed by atoms with Crippen LogP contribution in [0, 0.1) is 6.92 Å². The topological polar surface area (TPSA) is 38.7 Å². The first kappa shape index (κ1) is 12.9. The lowest BCUT2D eigenvalue weighted by Gasteiger charge is -2.39. The molecule has 2 aliphatic heterocycles. The van der Waals surface area contributed by atoms with Gasteiger partial charge in [0.2, 0.25) is 0 Å². The van der Waals surface area contributed by atoms with Gasteiger partial charge in [0.15, 0.2) is 0 Å². The standard InChI is InChI=1S/C15H23N3O/c1-12-3-2-4-13(9-12)17-5-7-18(8-6-17)14-10-16-11-15(14)19/h2-4,9,14-16,19H,5-8,10-11H2,1H3/t14?,15-/m1/s1. The Morgan fingerprint density at radius 3 is 2.58 bits per heavy atom. The molecule has 0 aromatic heterocycles. The van der Waals surface area contributed by atoms with Gasteiger partial charge in [0.05, 0.1) is 6.10 Å². The monoisotopic (exact) mass is 261 g/mol. The summed E-state index contributed by atoms with van der Waals surface area (Å²) in [5.41, 5.74) is 2.64. The van der Waals surface area contributed by atoms with Gasteiger partial charge in [-0.05, 0) is 24.6 Å². The first-order chi connectivity index (χ1) is 9.24. The SMILES string of the molecule is Cc1cccc(N2CCN(C3CNC[C@H]3O)CC2)c1. The summed E-state index contributed by atoms with van der Waals surface area (Å²) >= 11 is 0. The van der Waals surface area contributed by atoms with E-state index < -0.39 is 0 Å². The van der Waals surface area contributed by atoms with Crippen LogP contribution in [0.4, 0.5) is 5.69 Å². The van der Waals surface area contributed by atoms with Gasteiger partial charge >= 0.3 is 0 Å². The summed E-state index contributed by atoms with van der Waals surface area (Å²) in [6, 6.07) is 9.01. The second-order valence-corrected chi connectivity index (χ2v) is 5.65. The Balaban J connectivity index is 1.60. The van der Waals surface area contributed by atoms with E-state index in [-0.39, 0.29) is 6.10 Å². The van der Waals surface area contributed by atoms with Crippen LogP contribution in [0.2, 0.25) is 0 Å². The number of aryl methyl sites for hydroxylation is 1. The molecule has 0 radical (unpaired) electrons. The Bertz CT molecular complexity index is 429. The molecule has 2 saturated heterocycles. The molecule has 2 N–H and O–H groups in total. The smallest absolute Gasteiger partial charge is 0.0831 e. The van der Waals surface area contributed by atoms with E-state index in [0.717, 1.165) is 39.3 Å².